The minimum Gasteiger partial charge on any atom is -0.383 e. The van der Waals surface area contributed by atoms with Crippen molar-refractivity contribution < 1.29 is 9.53 Å². The SMILES string of the molecule is COCCN(Cc1ccccc1)C(=O)C1NCCC1C. The normalized spacial score (nSPS) is 21.9. The van der Waals surface area contributed by atoms with Gasteiger partial charge in [-0.25, -0.2) is 0 Å². The zero-order chi connectivity index (χ0) is 14.4. The van der Waals surface area contributed by atoms with E-state index in [1.807, 2.05) is 23.1 Å². The first-order chi connectivity index (χ1) is 9.72. The molecule has 1 saturated heterocycles. The molecule has 1 fully saturated rings. The fourth-order valence-electron chi connectivity index (χ4n) is 2.63. The molecule has 0 radical (unpaired) electrons. The summed E-state index contributed by atoms with van der Waals surface area (Å²) in [6, 6.07) is 10.1. The second kappa shape index (κ2) is 7.41. The average molecular weight is 276 g/mol. The molecule has 110 valence electrons. The summed E-state index contributed by atoms with van der Waals surface area (Å²) in [4.78, 5) is 14.6. The van der Waals surface area contributed by atoms with Crippen molar-refractivity contribution >= 4 is 5.91 Å². The lowest BCUT2D eigenvalue weighted by atomic mass is 10.0. The summed E-state index contributed by atoms with van der Waals surface area (Å²) in [6.07, 6.45) is 1.07. The zero-order valence-corrected chi connectivity index (χ0v) is 12.3. The molecule has 1 N–H and O–H groups in total. The highest BCUT2D eigenvalue weighted by atomic mass is 16.5. The Hall–Kier alpha value is -1.39. The molecule has 4 nitrogen and oxygen atoms in total. The molecule has 1 aliphatic heterocycles. The quantitative estimate of drug-likeness (QED) is 0.859. The van der Waals surface area contributed by atoms with Gasteiger partial charge in [0.2, 0.25) is 5.91 Å². The van der Waals surface area contributed by atoms with Gasteiger partial charge in [-0.15, -0.1) is 0 Å². The van der Waals surface area contributed by atoms with Crippen molar-refractivity contribution in [2.24, 2.45) is 5.92 Å². The van der Waals surface area contributed by atoms with Crippen LogP contribution in [-0.2, 0) is 16.1 Å². The Morgan fingerprint density at radius 2 is 2.15 bits per heavy atom. The van der Waals surface area contributed by atoms with Gasteiger partial charge in [0.15, 0.2) is 0 Å². The third-order valence-electron chi connectivity index (χ3n) is 3.89. The van der Waals surface area contributed by atoms with Crippen LogP contribution in [0.15, 0.2) is 30.3 Å². The number of hydrogen-bond donors (Lipinski definition) is 1. The average Bonchev–Trinajstić information content (AvgIpc) is 2.90. The van der Waals surface area contributed by atoms with Crippen molar-refractivity contribution in [2.45, 2.75) is 25.9 Å². The molecule has 1 heterocycles. The lowest BCUT2D eigenvalue weighted by molar-refractivity contribution is -0.135. The first-order valence-corrected chi connectivity index (χ1v) is 7.27. The maximum absolute atomic E-state index is 12.7. The number of carbonyl (C=O) groups is 1. The monoisotopic (exact) mass is 276 g/mol. The van der Waals surface area contributed by atoms with Crippen LogP contribution in [0.5, 0.6) is 0 Å². The number of methoxy groups -OCH3 is 1. The highest BCUT2D eigenvalue weighted by molar-refractivity contribution is 5.82. The third kappa shape index (κ3) is 3.81. The van der Waals surface area contributed by atoms with Crippen LogP contribution in [0.1, 0.15) is 18.9 Å². The molecule has 1 amide bonds. The number of nitrogens with zero attached hydrogens (tertiary/aromatic N) is 1. The Bertz CT molecular complexity index is 422. The van der Waals surface area contributed by atoms with Gasteiger partial charge in [0.1, 0.15) is 0 Å². The standard InChI is InChI=1S/C16H24N2O2/c1-13-8-9-17-15(13)16(19)18(10-11-20-2)12-14-6-4-3-5-7-14/h3-7,13,15,17H,8-12H2,1-2H3. The van der Waals surface area contributed by atoms with Crippen LogP contribution in [0.4, 0.5) is 0 Å². The number of nitrogens with one attached hydrogen (secondary N) is 1. The van der Waals surface area contributed by atoms with Gasteiger partial charge in [-0.05, 0) is 24.4 Å². The summed E-state index contributed by atoms with van der Waals surface area (Å²) in [7, 11) is 1.67. The van der Waals surface area contributed by atoms with E-state index in [4.69, 9.17) is 4.74 Å². The van der Waals surface area contributed by atoms with E-state index in [1.165, 1.54) is 0 Å². The number of rotatable bonds is 6. The lowest BCUT2D eigenvalue weighted by Crippen LogP contribution is -2.46. The summed E-state index contributed by atoms with van der Waals surface area (Å²) < 4.78 is 5.14. The minimum atomic E-state index is -0.0458. The Labute approximate surface area is 121 Å². The highest BCUT2D eigenvalue weighted by Gasteiger charge is 2.32. The van der Waals surface area contributed by atoms with Crippen molar-refractivity contribution in [3.8, 4) is 0 Å². The largest absolute Gasteiger partial charge is 0.383 e. The van der Waals surface area contributed by atoms with E-state index >= 15 is 0 Å². The molecule has 1 aromatic rings. The number of amides is 1. The molecule has 0 saturated carbocycles. The maximum atomic E-state index is 12.7. The second-order valence-electron chi connectivity index (χ2n) is 5.44. The van der Waals surface area contributed by atoms with Crippen LogP contribution in [0.2, 0.25) is 0 Å². The van der Waals surface area contributed by atoms with Gasteiger partial charge in [0, 0.05) is 20.2 Å². The van der Waals surface area contributed by atoms with Crippen molar-refractivity contribution in [2.75, 3.05) is 26.8 Å². The number of carbonyl (C=O) groups excluding carboxylic acids is 1. The van der Waals surface area contributed by atoms with Crippen LogP contribution in [0, 0.1) is 5.92 Å². The number of benzene rings is 1. The van der Waals surface area contributed by atoms with Gasteiger partial charge < -0.3 is 15.0 Å². The Morgan fingerprint density at radius 1 is 1.40 bits per heavy atom. The first kappa shape index (κ1) is 15.0. The smallest absolute Gasteiger partial charge is 0.240 e. The molecule has 2 atom stereocenters. The topological polar surface area (TPSA) is 41.6 Å². The van der Waals surface area contributed by atoms with Crippen molar-refractivity contribution in [3.05, 3.63) is 35.9 Å². The molecule has 2 unspecified atom stereocenters. The second-order valence-corrected chi connectivity index (χ2v) is 5.44. The molecule has 2 rings (SSSR count). The van der Waals surface area contributed by atoms with Crippen molar-refractivity contribution in [3.63, 3.8) is 0 Å². The van der Waals surface area contributed by atoms with Gasteiger partial charge in [-0.1, -0.05) is 37.3 Å². The predicted octanol–water partition coefficient (Wildman–Crippen LogP) is 1.66. The van der Waals surface area contributed by atoms with Crippen molar-refractivity contribution in [1.82, 2.24) is 10.2 Å². The predicted molar refractivity (Wildman–Crippen MR) is 79.3 cm³/mol. The van der Waals surface area contributed by atoms with Crippen LogP contribution >= 0.6 is 0 Å². The lowest BCUT2D eigenvalue weighted by Gasteiger charge is -2.27. The molecule has 0 aliphatic carbocycles. The maximum Gasteiger partial charge on any atom is 0.240 e. The number of ether oxygens (including phenoxy) is 1. The summed E-state index contributed by atoms with van der Waals surface area (Å²) in [5.41, 5.74) is 1.16. The molecular weight excluding hydrogens is 252 g/mol. The van der Waals surface area contributed by atoms with Crippen LogP contribution in [0.3, 0.4) is 0 Å². The summed E-state index contributed by atoms with van der Waals surface area (Å²) in [6.45, 7) is 4.92. The highest BCUT2D eigenvalue weighted by Crippen LogP contribution is 2.17. The molecule has 0 bridgehead atoms. The summed E-state index contributed by atoms with van der Waals surface area (Å²) in [5.74, 6) is 0.597. The number of hydrogen-bond acceptors (Lipinski definition) is 3. The zero-order valence-electron chi connectivity index (χ0n) is 12.3. The van der Waals surface area contributed by atoms with E-state index in [1.54, 1.807) is 7.11 Å². The van der Waals surface area contributed by atoms with E-state index in [0.29, 0.717) is 25.6 Å². The van der Waals surface area contributed by atoms with E-state index in [0.717, 1.165) is 18.5 Å². The molecule has 0 spiro atoms. The van der Waals surface area contributed by atoms with Gasteiger partial charge in [-0.3, -0.25) is 4.79 Å². The van der Waals surface area contributed by atoms with E-state index in [-0.39, 0.29) is 11.9 Å². The third-order valence-corrected chi connectivity index (χ3v) is 3.89. The molecule has 1 aliphatic rings. The molecule has 1 aromatic carbocycles. The first-order valence-electron chi connectivity index (χ1n) is 7.27. The van der Waals surface area contributed by atoms with Gasteiger partial charge in [0.05, 0.1) is 12.6 Å². The molecular formula is C16H24N2O2. The fourth-order valence-corrected chi connectivity index (χ4v) is 2.63. The minimum absolute atomic E-state index is 0.0458. The molecule has 0 aromatic heterocycles. The van der Waals surface area contributed by atoms with Crippen LogP contribution in [-0.4, -0.2) is 43.7 Å². The van der Waals surface area contributed by atoms with E-state index in [9.17, 15) is 4.79 Å². The van der Waals surface area contributed by atoms with Gasteiger partial charge >= 0.3 is 0 Å². The molecule has 20 heavy (non-hydrogen) atoms. The van der Waals surface area contributed by atoms with Crippen LogP contribution < -0.4 is 5.32 Å². The Kier molecular flexibility index (Phi) is 5.56. The summed E-state index contributed by atoms with van der Waals surface area (Å²) >= 11 is 0. The van der Waals surface area contributed by atoms with E-state index < -0.39 is 0 Å². The summed E-state index contributed by atoms with van der Waals surface area (Å²) in [5, 5.41) is 3.32. The Morgan fingerprint density at radius 3 is 2.75 bits per heavy atom. The van der Waals surface area contributed by atoms with Crippen LogP contribution in [0.25, 0.3) is 0 Å². The molecule has 4 heteroatoms. The fraction of sp³-hybridized carbons (Fsp3) is 0.562. The van der Waals surface area contributed by atoms with Crippen molar-refractivity contribution in [1.29, 1.82) is 0 Å². The van der Waals surface area contributed by atoms with E-state index in [2.05, 4.69) is 24.4 Å². The van der Waals surface area contributed by atoms with Gasteiger partial charge in [-0.2, -0.15) is 0 Å². The Balaban J connectivity index is 2.04. The van der Waals surface area contributed by atoms with Gasteiger partial charge in [0.25, 0.3) is 0 Å².